The largest absolute Gasteiger partial charge is 0.496 e. The maximum absolute atomic E-state index is 5.25. The lowest BCUT2D eigenvalue weighted by Gasteiger charge is -2.08. The van der Waals surface area contributed by atoms with Gasteiger partial charge in [0.05, 0.1) is 7.11 Å². The van der Waals surface area contributed by atoms with Gasteiger partial charge in [0.25, 0.3) is 0 Å². The Morgan fingerprint density at radius 1 is 1.38 bits per heavy atom. The number of rotatable bonds is 4. The Hall–Kier alpha value is -1.02. The third-order valence-corrected chi connectivity index (χ3v) is 2.11. The molecule has 0 atom stereocenters. The lowest BCUT2D eigenvalue weighted by molar-refractivity contribution is 0.410. The van der Waals surface area contributed by atoms with Crippen LogP contribution in [-0.4, -0.2) is 14.2 Å². The van der Waals surface area contributed by atoms with E-state index in [9.17, 15) is 0 Å². The van der Waals surface area contributed by atoms with E-state index < -0.39 is 0 Å². The molecule has 2 nitrogen and oxygen atoms in total. The van der Waals surface area contributed by atoms with Crippen LogP contribution >= 0.6 is 0 Å². The molecule has 0 saturated heterocycles. The summed E-state index contributed by atoms with van der Waals surface area (Å²) in [6.07, 6.45) is 1.01. The predicted molar refractivity (Wildman–Crippen MR) is 55.1 cm³/mol. The van der Waals surface area contributed by atoms with E-state index in [0.717, 1.165) is 18.7 Å². The van der Waals surface area contributed by atoms with Gasteiger partial charge in [0.1, 0.15) is 5.75 Å². The number of aryl methyl sites for hydroxylation is 1. The molecule has 0 aliphatic carbocycles. The lowest BCUT2D eigenvalue weighted by Crippen LogP contribution is -2.05. The van der Waals surface area contributed by atoms with Crippen molar-refractivity contribution in [1.82, 2.24) is 5.32 Å². The second-order valence-corrected chi connectivity index (χ2v) is 3.03. The Morgan fingerprint density at radius 2 is 2.15 bits per heavy atom. The molecule has 0 saturated carbocycles. The first-order chi connectivity index (χ1) is 6.31. The first-order valence-corrected chi connectivity index (χ1v) is 4.62. The highest BCUT2D eigenvalue weighted by atomic mass is 16.5. The molecule has 0 aliphatic rings. The summed E-state index contributed by atoms with van der Waals surface area (Å²) in [6, 6.07) is 6.31. The molecule has 72 valence electrons. The molecule has 0 bridgehead atoms. The van der Waals surface area contributed by atoms with Crippen LogP contribution in [-0.2, 0) is 13.0 Å². The summed E-state index contributed by atoms with van der Waals surface area (Å²) in [6.45, 7) is 3.05. The van der Waals surface area contributed by atoms with E-state index in [4.69, 9.17) is 4.74 Å². The highest BCUT2D eigenvalue weighted by molar-refractivity contribution is 5.37. The van der Waals surface area contributed by atoms with Crippen molar-refractivity contribution >= 4 is 0 Å². The van der Waals surface area contributed by atoms with Gasteiger partial charge in [0.15, 0.2) is 0 Å². The number of nitrogens with one attached hydrogen (secondary N) is 1. The van der Waals surface area contributed by atoms with Gasteiger partial charge in [-0.3, -0.25) is 0 Å². The number of benzene rings is 1. The number of methoxy groups -OCH3 is 1. The molecule has 0 aromatic heterocycles. The van der Waals surface area contributed by atoms with Gasteiger partial charge in [-0.05, 0) is 30.7 Å². The van der Waals surface area contributed by atoms with Crippen molar-refractivity contribution < 1.29 is 4.74 Å². The third-order valence-electron chi connectivity index (χ3n) is 2.11. The predicted octanol–water partition coefficient (Wildman–Crippen LogP) is 1.98. The van der Waals surface area contributed by atoms with Crippen LogP contribution in [0.25, 0.3) is 0 Å². The molecule has 1 N–H and O–H groups in total. The average Bonchev–Trinajstić information content (AvgIpc) is 2.18. The van der Waals surface area contributed by atoms with Crippen LogP contribution in [0.3, 0.4) is 0 Å². The van der Waals surface area contributed by atoms with Crippen LogP contribution in [0.4, 0.5) is 0 Å². The zero-order chi connectivity index (χ0) is 9.68. The Kier molecular flexibility index (Phi) is 3.77. The summed E-state index contributed by atoms with van der Waals surface area (Å²) in [5.41, 5.74) is 2.58. The van der Waals surface area contributed by atoms with Gasteiger partial charge in [-0.25, -0.2) is 0 Å². The third kappa shape index (κ3) is 2.46. The molecule has 1 aromatic carbocycles. The first-order valence-electron chi connectivity index (χ1n) is 4.62. The molecule has 0 radical (unpaired) electrons. The molecule has 2 heteroatoms. The minimum absolute atomic E-state index is 0.914. The molecule has 13 heavy (non-hydrogen) atoms. The smallest absolute Gasteiger partial charge is 0.122 e. The van der Waals surface area contributed by atoms with Gasteiger partial charge in [-0.2, -0.15) is 0 Å². The van der Waals surface area contributed by atoms with E-state index in [1.165, 1.54) is 11.1 Å². The first kappa shape index (κ1) is 10.1. The van der Waals surface area contributed by atoms with Gasteiger partial charge >= 0.3 is 0 Å². The Morgan fingerprint density at radius 3 is 2.69 bits per heavy atom. The second-order valence-electron chi connectivity index (χ2n) is 3.03. The van der Waals surface area contributed by atoms with E-state index in [-0.39, 0.29) is 0 Å². The zero-order valence-electron chi connectivity index (χ0n) is 8.55. The van der Waals surface area contributed by atoms with E-state index in [1.54, 1.807) is 7.11 Å². The van der Waals surface area contributed by atoms with E-state index >= 15 is 0 Å². The van der Waals surface area contributed by atoms with Gasteiger partial charge in [-0.1, -0.05) is 19.1 Å². The summed E-state index contributed by atoms with van der Waals surface area (Å²) in [4.78, 5) is 0. The molecule has 0 unspecified atom stereocenters. The number of ether oxygens (including phenoxy) is 1. The summed E-state index contributed by atoms with van der Waals surface area (Å²) in [7, 11) is 3.67. The van der Waals surface area contributed by atoms with Crippen molar-refractivity contribution in [2.75, 3.05) is 14.2 Å². The maximum atomic E-state index is 5.25. The van der Waals surface area contributed by atoms with Gasteiger partial charge in [-0.15, -0.1) is 0 Å². The van der Waals surface area contributed by atoms with Crippen LogP contribution in [0.5, 0.6) is 5.75 Å². The van der Waals surface area contributed by atoms with Crippen LogP contribution < -0.4 is 10.1 Å². The zero-order valence-corrected chi connectivity index (χ0v) is 8.55. The average molecular weight is 179 g/mol. The van der Waals surface area contributed by atoms with Crippen molar-refractivity contribution in [2.45, 2.75) is 19.9 Å². The molecular formula is C11H17NO. The minimum Gasteiger partial charge on any atom is -0.496 e. The molecule has 1 rings (SSSR count). The van der Waals surface area contributed by atoms with Crippen molar-refractivity contribution in [1.29, 1.82) is 0 Å². The standard InChI is InChI=1S/C11H17NO/c1-4-10-7-9(8-12-2)5-6-11(10)13-3/h5-7,12H,4,8H2,1-3H3. The molecule has 0 fully saturated rings. The monoisotopic (exact) mass is 179 g/mol. The number of hydrogen-bond donors (Lipinski definition) is 1. The summed E-state index contributed by atoms with van der Waals surface area (Å²) in [5, 5.41) is 3.13. The van der Waals surface area contributed by atoms with E-state index in [1.807, 2.05) is 13.1 Å². The molecule has 0 amide bonds. The van der Waals surface area contributed by atoms with Crippen LogP contribution in [0.15, 0.2) is 18.2 Å². The maximum Gasteiger partial charge on any atom is 0.122 e. The Balaban J connectivity index is 2.91. The number of hydrogen-bond acceptors (Lipinski definition) is 2. The van der Waals surface area contributed by atoms with Gasteiger partial charge in [0.2, 0.25) is 0 Å². The van der Waals surface area contributed by atoms with Crippen molar-refractivity contribution in [3.63, 3.8) is 0 Å². The second kappa shape index (κ2) is 4.87. The molecule has 0 spiro atoms. The quantitative estimate of drug-likeness (QED) is 0.763. The molecule has 0 aliphatic heterocycles. The van der Waals surface area contributed by atoms with E-state index in [0.29, 0.717) is 0 Å². The minimum atomic E-state index is 0.914. The normalized spacial score (nSPS) is 10.1. The molecule has 1 aromatic rings. The van der Waals surface area contributed by atoms with Crippen molar-refractivity contribution in [3.05, 3.63) is 29.3 Å². The molecule has 0 heterocycles. The lowest BCUT2D eigenvalue weighted by atomic mass is 10.1. The van der Waals surface area contributed by atoms with Gasteiger partial charge < -0.3 is 10.1 Å². The van der Waals surface area contributed by atoms with Gasteiger partial charge in [0, 0.05) is 6.54 Å². The van der Waals surface area contributed by atoms with Crippen molar-refractivity contribution in [2.24, 2.45) is 0 Å². The SMILES string of the molecule is CCc1cc(CNC)ccc1OC. The fraction of sp³-hybridized carbons (Fsp3) is 0.455. The van der Waals surface area contributed by atoms with Crippen molar-refractivity contribution in [3.8, 4) is 5.75 Å². The highest BCUT2D eigenvalue weighted by Crippen LogP contribution is 2.20. The highest BCUT2D eigenvalue weighted by Gasteiger charge is 2.01. The molecular weight excluding hydrogens is 162 g/mol. The fourth-order valence-electron chi connectivity index (χ4n) is 1.42. The summed E-state index contributed by atoms with van der Waals surface area (Å²) >= 11 is 0. The topological polar surface area (TPSA) is 21.3 Å². The van der Waals surface area contributed by atoms with Crippen LogP contribution in [0.2, 0.25) is 0 Å². The van der Waals surface area contributed by atoms with E-state index in [2.05, 4.69) is 24.4 Å². The Bertz CT molecular complexity index is 271. The Labute approximate surface area is 79.9 Å². The summed E-state index contributed by atoms with van der Waals surface area (Å²) in [5.74, 6) is 0.988. The summed E-state index contributed by atoms with van der Waals surface area (Å²) < 4.78 is 5.25. The fourth-order valence-corrected chi connectivity index (χ4v) is 1.42. The van der Waals surface area contributed by atoms with Crippen LogP contribution in [0.1, 0.15) is 18.1 Å². The van der Waals surface area contributed by atoms with Crippen LogP contribution in [0, 0.1) is 0 Å².